The molecule has 0 saturated carbocycles. The molecule has 2 aromatic rings. The van der Waals surface area contributed by atoms with Crippen molar-refractivity contribution in [2.24, 2.45) is 5.92 Å². The van der Waals surface area contributed by atoms with Crippen molar-refractivity contribution in [3.8, 4) is 11.5 Å². The molecule has 0 amide bonds. The van der Waals surface area contributed by atoms with Crippen LogP contribution in [0.2, 0.25) is 0 Å². The first kappa shape index (κ1) is 19.8. The number of methoxy groups -OCH3 is 1. The van der Waals surface area contributed by atoms with Gasteiger partial charge in [0, 0.05) is 19.0 Å². The van der Waals surface area contributed by atoms with Gasteiger partial charge >= 0.3 is 17.9 Å². The Bertz CT molecular complexity index is 991. The predicted octanol–water partition coefficient (Wildman–Crippen LogP) is 2.07. The number of hydrogen-bond acceptors (Lipinski definition) is 8. The summed E-state index contributed by atoms with van der Waals surface area (Å²) in [7, 11) is 1.62. The summed E-state index contributed by atoms with van der Waals surface area (Å²) < 4.78 is 27.6. The van der Waals surface area contributed by atoms with Crippen LogP contribution in [0.5, 0.6) is 11.5 Å². The molecule has 8 heteroatoms. The zero-order valence-corrected chi connectivity index (χ0v) is 17.1. The minimum Gasteiger partial charge on any atom is -0.493 e. The predicted molar refractivity (Wildman–Crippen MR) is 107 cm³/mol. The van der Waals surface area contributed by atoms with E-state index in [0.717, 1.165) is 12.0 Å². The van der Waals surface area contributed by atoms with Gasteiger partial charge in [-0.15, -0.1) is 0 Å². The average molecular weight is 425 g/mol. The van der Waals surface area contributed by atoms with E-state index in [-0.39, 0.29) is 25.2 Å². The third-order valence-electron chi connectivity index (χ3n) is 5.90. The molecule has 2 aromatic carbocycles. The number of benzene rings is 2. The molecule has 2 aliphatic heterocycles. The topological polar surface area (TPSA) is 83.5 Å². The first-order valence-corrected chi connectivity index (χ1v) is 10.3. The lowest BCUT2D eigenvalue weighted by Gasteiger charge is -2.38. The zero-order chi connectivity index (χ0) is 21.4. The Hall–Kier alpha value is -3.10. The fourth-order valence-electron chi connectivity index (χ4n) is 4.54. The summed E-state index contributed by atoms with van der Waals surface area (Å²) in [4.78, 5) is 25.2. The number of fused-ring (bicyclic) bond motifs is 1. The monoisotopic (exact) mass is 425 g/mol. The minimum absolute atomic E-state index is 0.144. The van der Waals surface area contributed by atoms with Crippen LogP contribution in [0, 0.1) is 5.92 Å². The van der Waals surface area contributed by atoms with Crippen LogP contribution in [-0.4, -0.2) is 56.2 Å². The van der Waals surface area contributed by atoms with E-state index in [1.54, 1.807) is 7.11 Å². The molecule has 8 nitrogen and oxygen atoms in total. The largest absolute Gasteiger partial charge is 0.493 e. The first-order valence-electron chi connectivity index (χ1n) is 10.3. The highest BCUT2D eigenvalue weighted by Gasteiger charge is 2.53. The fraction of sp³-hybridized carbons (Fsp3) is 0.391. The van der Waals surface area contributed by atoms with Crippen molar-refractivity contribution in [1.82, 2.24) is 4.90 Å². The standard InChI is InChI=1S/C23H23NO7/c1-27-18-8-4-5-9-19(18)29-20-16(12-15-6-2-3-7-17(15)20)13-24-10-11-28-23(14-24)30-21(25)22(26)31-23/h2-9,16,20H,10-14H2,1H3. The smallest absolute Gasteiger partial charge is 0.422 e. The zero-order valence-electron chi connectivity index (χ0n) is 17.1. The third kappa shape index (κ3) is 3.73. The van der Waals surface area contributed by atoms with Gasteiger partial charge in [0.15, 0.2) is 11.5 Å². The van der Waals surface area contributed by atoms with Crippen molar-refractivity contribution in [3.63, 3.8) is 0 Å². The van der Waals surface area contributed by atoms with Gasteiger partial charge in [0.05, 0.1) is 13.7 Å². The lowest BCUT2D eigenvalue weighted by Crippen LogP contribution is -2.54. The molecule has 162 valence electrons. The minimum atomic E-state index is -1.64. The number of hydrogen-bond donors (Lipinski definition) is 0. The molecule has 2 unspecified atom stereocenters. The number of nitrogens with zero attached hydrogens (tertiary/aromatic N) is 1. The molecule has 0 aromatic heterocycles. The first-order chi connectivity index (χ1) is 15.1. The summed E-state index contributed by atoms with van der Waals surface area (Å²) >= 11 is 0. The highest BCUT2D eigenvalue weighted by Crippen LogP contribution is 2.42. The second-order valence-electron chi connectivity index (χ2n) is 7.90. The number of morpholine rings is 1. The van der Waals surface area contributed by atoms with Crippen LogP contribution in [0.4, 0.5) is 0 Å². The van der Waals surface area contributed by atoms with Crippen LogP contribution in [0.25, 0.3) is 0 Å². The van der Waals surface area contributed by atoms with Gasteiger partial charge in [-0.05, 0) is 29.7 Å². The molecule has 2 fully saturated rings. The van der Waals surface area contributed by atoms with E-state index in [0.29, 0.717) is 24.6 Å². The molecule has 2 saturated heterocycles. The summed E-state index contributed by atoms with van der Waals surface area (Å²) in [6.07, 6.45) is 0.680. The van der Waals surface area contributed by atoms with Gasteiger partial charge in [0.1, 0.15) is 12.6 Å². The van der Waals surface area contributed by atoms with Crippen molar-refractivity contribution < 1.29 is 33.3 Å². The number of para-hydroxylation sites is 2. The number of ether oxygens (including phenoxy) is 5. The maximum Gasteiger partial charge on any atom is 0.422 e. The van der Waals surface area contributed by atoms with Gasteiger partial charge in [-0.2, -0.15) is 0 Å². The second-order valence-corrected chi connectivity index (χ2v) is 7.90. The van der Waals surface area contributed by atoms with Crippen LogP contribution in [0.1, 0.15) is 17.2 Å². The molecule has 1 aliphatic carbocycles. The SMILES string of the molecule is COc1ccccc1OC1c2ccccc2CC1CN1CCOC2(C1)OC(=O)C(=O)O2. The molecule has 3 aliphatic rings. The average Bonchev–Trinajstić information content (AvgIpc) is 3.24. The summed E-state index contributed by atoms with van der Waals surface area (Å²) in [6, 6.07) is 15.9. The molecule has 1 spiro atoms. The summed E-state index contributed by atoms with van der Waals surface area (Å²) in [5.74, 6) is -2.17. The van der Waals surface area contributed by atoms with Crippen LogP contribution in [0.15, 0.2) is 48.5 Å². The van der Waals surface area contributed by atoms with Crippen LogP contribution < -0.4 is 9.47 Å². The van der Waals surface area contributed by atoms with Crippen LogP contribution >= 0.6 is 0 Å². The molecule has 0 N–H and O–H groups in total. The van der Waals surface area contributed by atoms with E-state index in [9.17, 15) is 9.59 Å². The Balaban J connectivity index is 1.36. The van der Waals surface area contributed by atoms with E-state index >= 15 is 0 Å². The molecular weight excluding hydrogens is 402 g/mol. The maximum absolute atomic E-state index is 11.5. The Kier molecular flexibility index (Phi) is 5.03. The molecule has 0 bridgehead atoms. The van der Waals surface area contributed by atoms with Crippen molar-refractivity contribution in [2.75, 3.05) is 33.4 Å². The van der Waals surface area contributed by atoms with Gasteiger partial charge in [-0.1, -0.05) is 36.4 Å². The molecule has 31 heavy (non-hydrogen) atoms. The van der Waals surface area contributed by atoms with Crippen molar-refractivity contribution in [2.45, 2.75) is 18.5 Å². The summed E-state index contributed by atoms with van der Waals surface area (Å²) in [5.41, 5.74) is 2.40. The number of esters is 2. The lowest BCUT2D eigenvalue weighted by atomic mass is 10.0. The van der Waals surface area contributed by atoms with E-state index in [2.05, 4.69) is 17.0 Å². The Morgan fingerprint density at radius 1 is 1.03 bits per heavy atom. The van der Waals surface area contributed by atoms with Gasteiger partial charge in [-0.25, -0.2) is 9.59 Å². The van der Waals surface area contributed by atoms with Gasteiger partial charge < -0.3 is 23.7 Å². The Labute approximate surface area is 179 Å². The van der Waals surface area contributed by atoms with Gasteiger partial charge in [0.25, 0.3) is 0 Å². The molecular formula is C23H23NO7. The molecule has 0 radical (unpaired) electrons. The molecule has 2 heterocycles. The Morgan fingerprint density at radius 2 is 1.74 bits per heavy atom. The van der Waals surface area contributed by atoms with Crippen molar-refractivity contribution in [1.29, 1.82) is 0 Å². The molecule has 5 rings (SSSR count). The highest BCUT2D eigenvalue weighted by molar-refractivity contribution is 6.31. The van der Waals surface area contributed by atoms with Crippen LogP contribution in [-0.2, 0) is 30.2 Å². The van der Waals surface area contributed by atoms with Crippen molar-refractivity contribution in [3.05, 3.63) is 59.7 Å². The van der Waals surface area contributed by atoms with E-state index in [1.807, 2.05) is 36.4 Å². The lowest BCUT2D eigenvalue weighted by molar-refractivity contribution is -0.339. The number of carbonyl (C=O) groups excluding carboxylic acids is 2. The fourth-order valence-corrected chi connectivity index (χ4v) is 4.54. The van der Waals surface area contributed by atoms with E-state index in [1.165, 1.54) is 5.56 Å². The quantitative estimate of drug-likeness (QED) is 0.532. The number of rotatable bonds is 5. The van der Waals surface area contributed by atoms with E-state index < -0.39 is 17.9 Å². The van der Waals surface area contributed by atoms with Crippen molar-refractivity contribution >= 4 is 11.9 Å². The summed E-state index contributed by atoms with van der Waals surface area (Å²) in [6.45, 7) is 1.75. The van der Waals surface area contributed by atoms with Crippen LogP contribution in [0.3, 0.4) is 0 Å². The van der Waals surface area contributed by atoms with Gasteiger partial charge in [-0.3, -0.25) is 4.90 Å². The highest BCUT2D eigenvalue weighted by atomic mass is 16.9. The summed E-state index contributed by atoms with van der Waals surface area (Å²) in [5, 5.41) is 0. The molecule has 2 atom stereocenters. The van der Waals surface area contributed by atoms with E-state index in [4.69, 9.17) is 23.7 Å². The maximum atomic E-state index is 11.5. The normalized spacial score (nSPS) is 24.5. The Morgan fingerprint density at radius 3 is 2.52 bits per heavy atom. The second kappa shape index (κ2) is 7.86. The third-order valence-corrected chi connectivity index (χ3v) is 5.90. The number of carbonyl (C=O) groups is 2. The van der Waals surface area contributed by atoms with Gasteiger partial charge in [0.2, 0.25) is 0 Å².